The van der Waals surface area contributed by atoms with E-state index < -0.39 is 0 Å². The van der Waals surface area contributed by atoms with E-state index in [1.807, 2.05) is 18.2 Å². The van der Waals surface area contributed by atoms with Gasteiger partial charge in [0.05, 0.1) is 11.6 Å². The summed E-state index contributed by atoms with van der Waals surface area (Å²) in [6, 6.07) is 17.9. The zero-order valence-corrected chi connectivity index (χ0v) is 15.5. The zero-order valence-electron chi connectivity index (χ0n) is 15.5. The summed E-state index contributed by atoms with van der Waals surface area (Å²) in [6.45, 7) is 3.91. The minimum Gasteiger partial charge on any atom is -0.317 e. The Hall–Kier alpha value is -2.96. The second kappa shape index (κ2) is 6.98. The summed E-state index contributed by atoms with van der Waals surface area (Å²) < 4.78 is 0. The third-order valence-corrected chi connectivity index (χ3v) is 5.72. The zero-order chi connectivity index (χ0) is 18.9. The molecule has 1 saturated carbocycles. The molecule has 4 rings (SSSR count). The van der Waals surface area contributed by atoms with Crippen LogP contribution >= 0.6 is 0 Å². The highest BCUT2D eigenvalue weighted by atomic mass is 16.1. The molecule has 3 nitrogen and oxygen atoms in total. The minimum atomic E-state index is -0.152. The van der Waals surface area contributed by atoms with Gasteiger partial charge in [-0.1, -0.05) is 42.0 Å². The van der Waals surface area contributed by atoms with Gasteiger partial charge in [-0.3, -0.25) is 4.79 Å². The van der Waals surface area contributed by atoms with Crippen LogP contribution in [0.25, 0.3) is 12.2 Å². The molecule has 0 radical (unpaired) electrons. The summed E-state index contributed by atoms with van der Waals surface area (Å²) in [5, 5.41) is 12.4. The molecular weight excluding hydrogens is 332 g/mol. The second-order valence-electron chi connectivity index (χ2n) is 7.42. The predicted molar refractivity (Wildman–Crippen MR) is 108 cm³/mol. The van der Waals surface area contributed by atoms with Crippen molar-refractivity contribution in [2.45, 2.75) is 19.8 Å². The lowest BCUT2D eigenvalue weighted by Crippen LogP contribution is -2.50. The minimum absolute atomic E-state index is 0.152. The molecule has 1 heterocycles. The van der Waals surface area contributed by atoms with Crippen molar-refractivity contribution >= 4 is 17.9 Å². The fourth-order valence-corrected chi connectivity index (χ4v) is 4.11. The van der Waals surface area contributed by atoms with Gasteiger partial charge in [-0.15, -0.1) is 0 Å². The number of hydrogen-bond donors (Lipinski definition) is 1. The lowest BCUT2D eigenvalue weighted by Gasteiger charge is -2.48. The van der Waals surface area contributed by atoms with Crippen molar-refractivity contribution in [2.75, 3.05) is 13.1 Å². The van der Waals surface area contributed by atoms with Gasteiger partial charge < -0.3 is 5.32 Å². The maximum absolute atomic E-state index is 13.0. The van der Waals surface area contributed by atoms with Gasteiger partial charge in [-0.25, -0.2) is 0 Å². The first-order chi connectivity index (χ1) is 13.1. The van der Waals surface area contributed by atoms with Crippen LogP contribution in [0.1, 0.15) is 35.1 Å². The lowest BCUT2D eigenvalue weighted by atomic mass is 9.54. The molecule has 1 saturated heterocycles. The Labute approximate surface area is 160 Å². The van der Waals surface area contributed by atoms with Gasteiger partial charge in [0.2, 0.25) is 0 Å². The molecule has 0 unspecified atom stereocenters. The molecule has 27 heavy (non-hydrogen) atoms. The Morgan fingerprint density at radius 1 is 0.926 bits per heavy atom. The first-order valence-corrected chi connectivity index (χ1v) is 9.39. The van der Waals surface area contributed by atoms with Gasteiger partial charge in [-0.2, -0.15) is 5.26 Å². The molecule has 0 aromatic heterocycles. The van der Waals surface area contributed by atoms with Gasteiger partial charge in [0.25, 0.3) is 0 Å². The van der Waals surface area contributed by atoms with E-state index in [-0.39, 0.29) is 11.2 Å². The molecule has 0 amide bonds. The molecule has 1 spiro atoms. The third kappa shape index (κ3) is 3.13. The smallest absolute Gasteiger partial charge is 0.186 e. The van der Waals surface area contributed by atoms with Crippen LogP contribution in [0.4, 0.5) is 0 Å². The van der Waals surface area contributed by atoms with Crippen LogP contribution in [0, 0.1) is 23.7 Å². The number of aryl methyl sites for hydroxylation is 1. The number of nitrogens with zero attached hydrogens (tertiary/aromatic N) is 1. The van der Waals surface area contributed by atoms with Crippen molar-refractivity contribution in [3.05, 3.63) is 81.9 Å². The van der Waals surface area contributed by atoms with Crippen LogP contribution in [0.3, 0.4) is 0 Å². The average Bonchev–Trinajstić information content (AvgIpc) is 2.72. The first-order valence-electron chi connectivity index (χ1n) is 9.39. The SMILES string of the molecule is Cc1ccc(/C=C2/C(=O)/C(=C/c3ccc(C#N)cc3)C23CCNCC3)cc1. The fourth-order valence-electron chi connectivity index (χ4n) is 4.11. The lowest BCUT2D eigenvalue weighted by molar-refractivity contribution is -0.118. The summed E-state index contributed by atoms with van der Waals surface area (Å²) in [6.07, 6.45) is 5.97. The summed E-state index contributed by atoms with van der Waals surface area (Å²) in [5.41, 5.74) is 5.61. The summed E-state index contributed by atoms with van der Waals surface area (Å²) >= 11 is 0. The number of carbonyl (C=O) groups excluding carboxylic acids is 1. The molecule has 0 bridgehead atoms. The molecule has 1 aliphatic heterocycles. The predicted octanol–water partition coefficient (Wildman–Crippen LogP) is 4.29. The number of piperidine rings is 1. The van der Waals surface area contributed by atoms with Gasteiger partial charge >= 0.3 is 0 Å². The van der Waals surface area contributed by atoms with E-state index in [0.29, 0.717) is 5.56 Å². The van der Waals surface area contributed by atoms with Crippen molar-refractivity contribution in [3.8, 4) is 6.07 Å². The topological polar surface area (TPSA) is 52.9 Å². The van der Waals surface area contributed by atoms with E-state index in [1.165, 1.54) is 5.56 Å². The number of benzene rings is 2. The van der Waals surface area contributed by atoms with Gasteiger partial charge in [0.1, 0.15) is 0 Å². The number of nitrogens with one attached hydrogen (secondary N) is 1. The maximum Gasteiger partial charge on any atom is 0.186 e. The molecule has 134 valence electrons. The number of allylic oxidation sites excluding steroid dienone is 2. The molecular formula is C24H22N2O. The van der Waals surface area contributed by atoms with Crippen molar-refractivity contribution in [1.82, 2.24) is 5.32 Å². The normalized spacial score (nSPS) is 21.3. The number of ketones is 1. The molecule has 2 aliphatic rings. The van der Waals surface area contributed by atoms with E-state index in [0.717, 1.165) is 48.2 Å². The molecule has 1 aliphatic carbocycles. The maximum atomic E-state index is 13.0. The Bertz CT molecular complexity index is 967. The van der Waals surface area contributed by atoms with E-state index in [4.69, 9.17) is 5.26 Å². The van der Waals surface area contributed by atoms with E-state index in [1.54, 1.807) is 12.1 Å². The molecule has 2 fully saturated rings. The Kier molecular flexibility index (Phi) is 4.51. The molecule has 1 N–H and O–H groups in total. The average molecular weight is 354 g/mol. The molecule has 0 atom stereocenters. The van der Waals surface area contributed by atoms with E-state index >= 15 is 0 Å². The number of Topliss-reactive ketones (excluding diaryl/α,β-unsaturated/α-hetero) is 1. The quantitative estimate of drug-likeness (QED) is 0.819. The third-order valence-electron chi connectivity index (χ3n) is 5.72. The van der Waals surface area contributed by atoms with E-state index in [2.05, 4.69) is 48.7 Å². The van der Waals surface area contributed by atoms with Gasteiger partial charge in [-0.05, 0) is 68.3 Å². The second-order valence-corrected chi connectivity index (χ2v) is 7.42. The first kappa shape index (κ1) is 17.5. The molecule has 3 heteroatoms. The molecule has 2 aromatic carbocycles. The summed E-state index contributed by atoms with van der Waals surface area (Å²) in [7, 11) is 0. The van der Waals surface area contributed by atoms with Crippen molar-refractivity contribution in [2.24, 2.45) is 5.41 Å². The van der Waals surface area contributed by atoms with Crippen LogP contribution in [0.5, 0.6) is 0 Å². The number of hydrogen-bond acceptors (Lipinski definition) is 3. The standard InChI is InChI=1S/C24H22N2O/c1-17-2-4-18(5-3-17)14-21-23(27)22(24(21)10-12-26-13-11-24)15-19-6-8-20(16-25)9-7-19/h2-9,14-15,26H,10-13H2,1H3/b21-14-,22-15-. The van der Waals surface area contributed by atoms with Crippen molar-refractivity contribution in [3.63, 3.8) is 0 Å². The molecule has 2 aromatic rings. The Morgan fingerprint density at radius 3 is 1.96 bits per heavy atom. The Morgan fingerprint density at radius 2 is 1.44 bits per heavy atom. The largest absolute Gasteiger partial charge is 0.317 e. The number of nitriles is 1. The number of carbonyl (C=O) groups is 1. The highest BCUT2D eigenvalue weighted by Gasteiger charge is 2.53. The van der Waals surface area contributed by atoms with Crippen LogP contribution in [-0.2, 0) is 4.79 Å². The summed E-state index contributed by atoms with van der Waals surface area (Å²) in [5.74, 6) is 0.154. The van der Waals surface area contributed by atoms with Gasteiger partial charge in [0.15, 0.2) is 5.78 Å². The summed E-state index contributed by atoms with van der Waals surface area (Å²) in [4.78, 5) is 13.0. The van der Waals surface area contributed by atoms with Crippen molar-refractivity contribution < 1.29 is 4.79 Å². The van der Waals surface area contributed by atoms with Crippen LogP contribution in [0.15, 0.2) is 59.7 Å². The number of rotatable bonds is 2. The van der Waals surface area contributed by atoms with Crippen LogP contribution in [0.2, 0.25) is 0 Å². The highest BCUT2D eigenvalue weighted by Crippen LogP contribution is 2.55. The highest BCUT2D eigenvalue weighted by molar-refractivity contribution is 6.23. The Balaban J connectivity index is 1.72. The van der Waals surface area contributed by atoms with Gasteiger partial charge in [0, 0.05) is 16.6 Å². The monoisotopic (exact) mass is 354 g/mol. The van der Waals surface area contributed by atoms with Crippen LogP contribution in [-0.4, -0.2) is 18.9 Å². The van der Waals surface area contributed by atoms with Crippen molar-refractivity contribution in [1.29, 1.82) is 5.26 Å². The fraction of sp³-hybridized carbons (Fsp3) is 0.250. The van der Waals surface area contributed by atoms with E-state index in [9.17, 15) is 4.79 Å². The van der Waals surface area contributed by atoms with Crippen LogP contribution < -0.4 is 5.32 Å².